The molecule has 0 spiro atoms. The van der Waals surface area contributed by atoms with Gasteiger partial charge in [0.15, 0.2) is 0 Å². The maximum Gasteiger partial charge on any atom is 2.00 e. The molecule has 3 rings (SSSR count). The molecule has 0 bridgehead atoms. The second-order valence-electron chi connectivity index (χ2n) is 5.40. The molecule has 1 aromatic rings. The monoisotopic (exact) mass is 585 g/mol. The summed E-state index contributed by atoms with van der Waals surface area (Å²) in [6, 6.07) is 9.32. The van der Waals surface area contributed by atoms with Crippen LogP contribution >= 0.6 is 0 Å². The second kappa shape index (κ2) is 8.85. The smallest absolute Gasteiger partial charge is 0.510 e. The molecule has 2 aliphatic rings. The fraction of sp³-hybridized carbons (Fsp3) is 0.176. The minimum atomic E-state index is -5.42. The topological polar surface area (TPSA) is 43.8 Å². The summed E-state index contributed by atoms with van der Waals surface area (Å²) < 4.78 is 68.1. The van der Waals surface area contributed by atoms with Crippen LogP contribution in [0, 0.1) is 12.7 Å². The molecule has 0 aromatic heterocycles. The summed E-state index contributed by atoms with van der Waals surface area (Å²) in [7, 11) is 2.03. The fourth-order valence-electron chi connectivity index (χ4n) is 2.11. The normalized spacial score (nSPS) is 15.7. The molecule has 0 radical (unpaired) electrons. The molecular weight excluding hydrogens is 573 g/mol. The van der Waals surface area contributed by atoms with Crippen LogP contribution in [0.3, 0.4) is 0 Å². The van der Waals surface area contributed by atoms with Crippen LogP contribution in [-0.4, -0.2) is 35.2 Å². The van der Waals surface area contributed by atoms with E-state index in [0.29, 0.717) is 0 Å². The average molecular weight is 585 g/mol. The zero-order chi connectivity index (χ0) is 20.4. The van der Waals surface area contributed by atoms with E-state index in [4.69, 9.17) is 5.11 Å². The molecule has 0 amide bonds. The van der Waals surface area contributed by atoms with Crippen molar-refractivity contribution in [2.24, 2.45) is 0 Å². The molecule has 2 heterocycles. The first kappa shape index (κ1) is 23.8. The van der Waals surface area contributed by atoms with E-state index in [9.17, 15) is 31.1 Å². The van der Waals surface area contributed by atoms with Crippen molar-refractivity contribution >= 4 is 17.5 Å². The van der Waals surface area contributed by atoms with Gasteiger partial charge < -0.3 is 14.9 Å². The summed E-state index contributed by atoms with van der Waals surface area (Å²) in [5, 5.41) is 7.93. The molecule has 0 saturated carbocycles. The number of para-hydroxylation sites is 1. The van der Waals surface area contributed by atoms with E-state index < -0.39 is 30.0 Å². The molecule has 154 valence electrons. The number of halogens is 6. The Morgan fingerprint density at radius 2 is 1.82 bits per heavy atom. The Hall–Kier alpha value is -2.22. The summed E-state index contributed by atoms with van der Waals surface area (Å²) in [6.07, 6.45) is -5.34. The number of hydrogen-bond acceptors (Lipinski definition) is 4. The summed E-state index contributed by atoms with van der Waals surface area (Å²) in [5.41, 5.74) is 3.55. The molecule has 11 heteroatoms. The Morgan fingerprint density at radius 3 is 2.39 bits per heavy atom. The van der Waals surface area contributed by atoms with Crippen molar-refractivity contribution in [2.75, 3.05) is 11.9 Å². The third-order valence-corrected chi connectivity index (χ3v) is 3.29. The SMILES string of the molecule is CN1C=C2C=Cc3ccc[c-]c3N2[CH-]1.O=C(/C=C(\O)C(F)(F)F)C(F)(F)F.[Pt+2]. The number of fused-ring (bicyclic) bond motifs is 3. The molecule has 2 aliphatic heterocycles. The first-order chi connectivity index (χ1) is 12.4. The second-order valence-corrected chi connectivity index (χ2v) is 5.40. The van der Waals surface area contributed by atoms with Gasteiger partial charge in [-0.1, -0.05) is 11.8 Å². The van der Waals surface area contributed by atoms with Crippen molar-refractivity contribution in [3.05, 3.63) is 66.3 Å². The van der Waals surface area contributed by atoms with Gasteiger partial charge in [-0.25, -0.2) is 0 Å². The molecule has 4 nitrogen and oxygen atoms in total. The molecule has 0 saturated heterocycles. The van der Waals surface area contributed by atoms with E-state index >= 15 is 0 Å². The molecule has 1 aromatic carbocycles. The Labute approximate surface area is 170 Å². The van der Waals surface area contributed by atoms with Crippen LogP contribution < -0.4 is 4.90 Å². The Balaban J connectivity index is 0.000000272. The maximum atomic E-state index is 11.4. The van der Waals surface area contributed by atoms with E-state index in [0.717, 1.165) is 5.69 Å². The minimum absolute atomic E-state index is 0. The molecule has 28 heavy (non-hydrogen) atoms. The Kier molecular flexibility index (Phi) is 7.53. The van der Waals surface area contributed by atoms with Crippen LogP contribution in [0.15, 0.2) is 48.0 Å². The van der Waals surface area contributed by atoms with E-state index in [1.807, 2.05) is 19.2 Å². The van der Waals surface area contributed by atoms with Crippen LogP contribution in [0.2, 0.25) is 0 Å². The zero-order valence-electron chi connectivity index (χ0n) is 14.0. The predicted molar refractivity (Wildman–Crippen MR) is 84.8 cm³/mol. The van der Waals surface area contributed by atoms with Gasteiger partial charge in [-0.3, -0.25) is 4.79 Å². The van der Waals surface area contributed by atoms with E-state index in [1.54, 1.807) is 0 Å². The van der Waals surface area contributed by atoms with Crippen molar-refractivity contribution in [1.82, 2.24) is 4.90 Å². The van der Waals surface area contributed by atoms with Gasteiger partial charge in [0.2, 0.25) is 5.76 Å². The molecule has 0 fully saturated rings. The molecular formula is C17H12F6N2O2Pt. The number of alkyl halides is 6. The van der Waals surface area contributed by atoms with Gasteiger partial charge in [-0.15, -0.1) is 11.6 Å². The van der Waals surface area contributed by atoms with Crippen molar-refractivity contribution in [3.63, 3.8) is 0 Å². The van der Waals surface area contributed by atoms with Gasteiger partial charge in [0, 0.05) is 11.8 Å². The van der Waals surface area contributed by atoms with Crippen LogP contribution in [-0.2, 0) is 25.9 Å². The first-order valence-corrected chi connectivity index (χ1v) is 7.25. The van der Waals surface area contributed by atoms with Gasteiger partial charge >= 0.3 is 33.4 Å². The fourth-order valence-corrected chi connectivity index (χ4v) is 2.11. The number of rotatable bonds is 1. The van der Waals surface area contributed by atoms with Gasteiger partial charge in [-0.05, 0) is 13.2 Å². The third-order valence-electron chi connectivity index (χ3n) is 3.29. The minimum Gasteiger partial charge on any atom is -0.510 e. The summed E-state index contributed by atoms with van der Waals surface area (Å²) in [5.74, 6) is -5.34. The number of aliphatic hydroxyl groups excluding tert-OH is 1. The average Bonchev–Trinajstić information content (AvgIpc) is 2.94. The third kappa shape index (κ3) is 5.89. The van der Waals surface area contributed by atoms with Gasteiger partial charge in [0.05, 0.1) is 0 Å². The first-order valence-electron chi connectivity index (χ1n) is 7.25. The van der Waals surface area contributed by atoms with E-state index in [-0.39, 0.29) is 21.1 Å². The molecule has 0 unspecified atom stereocenters. The predicted octanol–water partition coefficient (Wildman–Crippen LogP) is 4.35. The maximum absolute atomic E-state index is 11.4. The number of carbonyl (C=O) groups excluding carboxylic acids is 1. The number of aliphatic hydroxyl groups is 1. The van der Waals surface area contributed by atoms with Crippen LogP contribution in [0.5, 0.6) is 0 Å². The number of allylic oxidation sites excluding steroid dienone is 3. The van der Waals surface area contributed by atoms with Crippen molar-refractivity contribution < 1.29 is 57.3 Å². The number of nitrogens with zero attached hydrogens (tertiary/aromatic N) is 2. The van der Waals surface area contributed by atoms with E-state index in [1.165, 1.54) is 11.3 Å². The van der Waals surface area contributed by atoms with E-state index in [2.05, 4.69) is 47.0 Å². The number of carbonyl (C=O) groups is 1. The largest absolute Gasteiger partial charge is 2.00 e. The summed E-state index contributed by atoms with van der Waals surface area (Å²) in [4.78, 5) is 14.1. The van der Waals surface area contributed by atoms with Gasteiger partial charge in [0.25, 0.3) is 5.78 Å². The van der Waals surface area contributed by atoms with Gasteiger partial charge in [-0.2, -0.15) is 57.3 Å². The number of hydrogen-bond donors (Lipinski definition) is 1. The summed E-state index contributed by atoms with van der Waals surface area (Å²) in [6.45, 7) is 2.06. The van der Waals surface area contributed by atoms with Crippen LogP contribution in [0.1, 0.15) is 5.56 Å². The van der Waals surface area contributed by atoms with Crippen molar-refractivity contribution in [1.29, 1.82) is 0 Å². The quantitative estimate of drug-likeness (QED) is 0.231. The summed E-state index contributed by atoms with van der Waals surface area (Å²) >= 11 is 0. The van der Waals surface area contributed by atoms with Crippen LogP contribution in [0.25, 0.3) is 6.08 Å². The molecule has 0 atom stereocenters. The number of ketones is 1. The zero-order valence-corrected chi connectivity index (χ0v) is 16.2. The molecule has 1 N–H and O–H groups in total. The Morgan fingerprint density at radius 1 is 1.18 bits per heavy atom. The standard InChI is InChI=1S/C12H10N2.C5H2F6O2.Pt/c1-13-8-11-7-6-10-4-2-3-5-12(10)14(11)9-13;6-4(7,8)2(12)1-3(13)5(9,10)11;/h2-4,6-9H,1H3;1,12H;/q-2;;+2/b;2-1-;. The van der Waals surface area contributed by atoms with Crippen LogP contribution in [0.4, 0.5) is 32.0 Å². The number of anilines is 1. The van der Waals surface area contributed by atoms with Crippen molar-refractivity contribution in [2.45, 2.75) is 12.4 Å². The van der Waals surface area contributed by atoms with Crippen molar-refractivity contribution in [3.8, 4) is 0 Å². The molecule has 0 aliphatic carbocycles. The van der Waals surface area contributed by atoms with Gasteiger partial charge in [0.1, 0.15) is 0 Å². The Bertz CT molecular complexity index is 815. The number of benzene rings is 1.